The molecule has 0 aliphatic carbocycles. The van der Waals surface area contributed by atoms with Crippen LogP contribution in [0.3, 0.4) is 0 Å². The first-order chi connectivity index (χ1) is 11.9. The molecule has 1 aromatic carbocycles. The quantitative estimate of drug-likeness (QED) is 0.882. The summed E-state index contributed by atoms with van der Waals surface area (Å²) in [6.45, 7) is 4.29. The number of carboxylic acid groups (broad SMARTS) is 1. The number of ether oxygens (including phenoxy) is 1. The van der Waals surface area contributed by atoms with Crippen LogP contribution in [-0.4, -0.2) is 52.3 Å². The minimum Gasteiger partial charge on any atom is -0.478 e. The minimum absolute atomic E-state index is 0.0773. The molecule has 1 unspecified atom stereocenters. The van der Waals surface area contributed by atoms with E-state index in [1.165, 1.54) is 10.0 Å². The second-order valence-electron chi connectivity index (χ2n) is 6.35. The van der Waals surface area contributed by atoms with E-state index in [2.05, 4.69) is 0 Å². The molecule has 7 heteroatoms. The molecule has 0 bridgehead atoms. The maximum absolute atomic E-state index is 12.5. The molecule has 0 saturated carbocycles. The molecule has 1 atom stereocenters. The molecule has 0 spiro atoms. The Morgan fingerprint density at radius 2 is 1.68 bits per heavy atom. The summed E-state index contributed by atoms with van der Waals surface area (Å²) in [5.74, 6) is -1.64. The van der Waals surface area contributed by atoms with Gasteiger partial charge in [0.2, 0.25) is 12.0 Å². The number of amides is 2. The molecule has 0 radical (unpaired) electrons. The predicted molar refractivity (Wildman–Crippen MR) is 90.5 cm³/mol. The Kier molecular flexibility index (Phi) is 6.38. The molecule has 0 aromatic heterocycles. The standard InChI is InChI=1S/C18H24N2O5/c1-13(2)16(21)19-10-6-7-11-20(19)18(24)25-15(17(22)23)12-14-8-4-3-5-9-14/h3-5,8-9,13,15H,6-7,10-12H2,1-2H3,(H,22,23). The van der Waals surface area contributed by atoms with E-state index in [0.717, 1.165) is 18.4 Å². The van der Waals surface area contributed by atoms with E-state index >= 15 is 0 Å². The van der Waals surface area contributed by atoms with Crippen LogP contribution in [0.25, 0.3) is 0 Å². The number of hydrogen-bond donors (Lipinski definition) is 1. The maximum Gasteiger partial charge on any atom is 0.429 e. The lowest BCUT2D eigenvalue weighted by Gasteiger charge is -2.38. The number of benzene rings is 1. The van der Waals surface area contributed by atoms with Crippen molar-refractivity contribution in [3.8, 4) is 0 Å². The SMILES string of the molecule is CC(C)C(=O)N1CCCCN1C(=O)OC(Cc1ccccc1)C(=O)O. The first-order valence-corrected chi connectivity index (χ1v) is 8.46. The van der Waals surface area contributed by atoms with Gasteiger partial charge in [-0.05, 0) is 18.4 Å². The van der Waals surface area contributed by atoms with Crippen molar-refractivity contribution in [2.24, 2.45) is 5.92 Å². The van der Waals surface area contributed by atoms with Crippen LogP contribution in [0.5, 0.6) is 0 Å². The number of carbonyl (C=O) groups is 3. The highest BCUT2D eigenvalue weighted by atomic mass is 16.6. The van der Waals surface area contributed by atoms with Gasteiger partial charge in [-0.1, -0.05) is 44.2 Å². The van der Waals surface area contributed by atoms with Crippen molar-refractivity contribution in [1.29, 1.82) is 0 Å². The summed E-state index contributed by atoms with van der Waals surface area (Å²) in [5.41, 5.74) is 0.761. The van der Waals surface area contributed by atoms with E-state index in [-0.39, 0.29) is 18.2 Å². The second-order valence-corrected chi connectivity index (χ2v) is 6.35. The van der Waals surface area contributed by atoms with Gasteiger partial charge in [-0.25, -0.2) is 19.6 Å². The highest BCUT2D eigenvalue weighted by Crippen LogP contribution is 2.17. The fourth-order valence-electron chi connectivity index (χ4n) is 2.67. The van der Waals surface area contributed by atoms with Crippen LogP contribution < -0.4 is 0 Å². The summed E-state index contributed by atoms with van der Waals surface area (Å²) >= 11 is 0. The zero-order valence-corrected chi connectivity index (χ0v) is 14.6. The zero-order chi connectivity index (χ0) is 18.4. The number of rotatable bonds is 5. The average Bonchev–Trinajstić information content (AvgIpc) is 2.61. The van der Waals surface area contributed by atoms with E-state index < -0.39 is 18.2 Å². The van der Waals surface area contributed by atoms with Gasteiger partial charge < -0.3 is 9.84 Å². The van der Waals surface area contributed by atoms with E-state index in [1.807, 2.05) is 6.07 Å². The molecule has 1 aliphatic rings. The summed E-state index contributed by atoms with van der Waals surface area (Å²) in [6, 6.07) is 8.97. The molecule has 25 heavy (non-hydrogen) atoms. The average molecular weight is 348 g/mol. The summed E-state index contributed by atoms with van der Waals surface area (Å²) in [5, 5.41) is 12.0. The van der Waals surface area contributed by atoms with Crippen LogP contribution >= 0.6 is 0 Å². The topological polar surface area (TPSA) is 87.2 Å². The molecule has 1 saturated heterocycles. The number of carboxylic acids is 1. The second kappa shape index (κ2) is 8.50. The van der Waals surface area contributed by atoms with Gasteiger partial charge in [0.05, 0.1) is 0 Å². The Morgan fingerprint density at radius 3 is 2.24 bits per heavy atom. The van der Waals surface area contributed by atoms with Crippen molar-refractivity contribution >= 4 is 18.0 Å². The fourth-order valence-corrected chi connectivity index (χ4v) is 2.67. The van der Waals surface area contributed by atoms with Gasteiger partial charge in [0, 0.05) is 25.4 Å². The normalized spacial score (nSPS) is 15.8. The van der Waals surface area contributed by atoms with Crippen LogP contribution in [0.4, 0.5) is 4.79 Å². The Balaban J connectivity index is 2.08. The molecule has 1 aliphatic heterocycles. The summed E-state index contributed by atoms with van der Waals surface area (Å²) in [6.07, 6.45) is -0.472. The van der Waals surface area contributed by atoms with E-state index in [9.17, 15) is 19.5 Å². The Hall–Kier alpha value is -2.57. The minimum atomic E-state index is -1.30. The van der Waals surface area contributed by atoms with E-state index in [0.29, 0.717) is 13.1 Å². The molecular formula is C18H24N2O5. The predicted octanol–water partition coefficient (Wildman–Crippen LogP) is 2.31. The summed E-state index contributed by atoms with van der Waals surface area (Å²) in [4.78, 5) is 36.2. The van der Waals surface area contributed by atoms with Crippen molar-refractivity contribution in [1.82, 2.24) is 10.0 Å². The molecule has 1 N–H and O–H groups in total. The van der Waals surface area contributed by atoms with Crippen LogP contribution in [0, 0.1) is 5.92 Å². The van der Waals surface area contributed by atoms with Crippen LogP contribution in [0.2, 0.25) is 0 Å². The van der Waals surface area contributed by atoms with Crippen molar-refractivity contribution < 1.29 is 24.2 Å². The van der Waals surface area contributed by atoms with Crippen LogP contribution in [-0.2, 0) is 20.7 Å². The Bertz CT molecular complexity index is 617. The lowest BCUT2D eigenvalue weighted by atomic mass is 10.1. The van der Waals surface area contributed by atoms with E-state index in [4.69, 9.17) is 4.74 Å². The molecular weight excluding hydrogens is 324 g/mol. The number of hydrazine groups is 1. The zero-order valence-electron chi connectivity index (χ0n) is 14.6. The molecule has 1 heterocycles. The lowest BCUT2D eigenvalue weighted by molar-refractivity contribution is -0.157. The highest BCUT2D eigenvalue weighted by Gasteiger charge is 2.33. The molecule has 1 fully saturated rings. The van der Waals surface area contributed by atoms with Gasteiger partial charge >= 0.3 is 12.1 Å². The number of hydrogen-bond acceptors (Lipinski definition) is 4. The monoisotopic (exact) mass is 348 g/mol. The Morgan fingerprint density at radius 1 is 1.08 bits per heavy atom. The van der Waals surface area contributed by atoms with Gasteiger partial charge in [-0.3, -0.25) is 4.79 Å². The van der Waals surface area contributed by atoms with E-state index in [1.54, 1.807) is 38.1 Å². The summed E-state index contributed by atoms with van der Waals surface area (Å²) < 4.78 is 5.21. The van der Waals surface area contributed by atoms with Gasteiger partial charge in [0.1, 0.15) is 0 Å². The van der Waals surface area contributed by atoms with Gasteiger partial charge in [0.15, 0.2) is 0 Å². The van der Waals surface area contributed by atoms with Gasteiger partial charge in [0.25, 0.3) is 0 Å². The molecule has 136 valence electrons. The Labute approximate surface area is 147 Å². The number of carbonyl (C=O) groups excluding carboxylic acids is 2. The first kappa shape index (κ1) is 18.8. The summed E-state index contributed by atoms with van der Waals surface area (Å²) in [7, 11) is 0. The van der Waals surface area contributed by atoms with Gasteiger partial charge in [-0.15, -0.1) is 0 Å². The highest BCUT2D eigenvalue weighted by molar-refractivity contribution is 5.82. The molecule has 1 aromatic rings. The molecule has 7 nitrogen and oxygen atoms in total. The molecule has 2 rings (SSSR count). The van der Waals surface area contributed by atoms with Crippen molar-refractivity contribution in [2.45, 2.75) is 39.2 Å². The van der Waals surface area contributed by atoms with Crippen molar-refractivity contribution in [3.05, 3.63) is 35.9 Å². The number of aliphatic carboxylic acids is 1. The fraction of sp³-hybridized carbons (Fsp3) is 0.500. The van der Waals surface area contributed by atoms with Crippen LogP contribution in [0.1, 0.15) is 32.3 Å². The third kappa shape index (κ3) is 4.95. The van der Waals surface area contributed by atoms with Crippen molar-refractivity contribution in [3.63, 3.8) is 0 Å². The lowest BCUT2D eigenvalue weighted by Crippen LogP contribution is -2.55. The van der Waals surface area contributed by atoms with Crippen molar-refractivity contribution in [2.75, 3.05) is 13.1 Å². The van der Waals surface area contributed by atoms with Crippen LogP contribution in [0.15, 0.2) is 30.3 Å². The largest absolute Gasteiger partial charge is 0.478 e. The number of nitrogens with zero attached hydrogens (tertiary/aromatic N) is 2. The smallest absolute Gasteiger partial charge is 0.429 e. The molecule has 2 amide bonds. The third-order valence-electron chi connectivity index (χ3n) is 4.02. The maximum atomic E-state index is 12.5. The first-order valence-electron chi connectivity index (χ1n) is 8.46. The third-order valence-corrected chi connectivity index (χ3v) is 4.02. The van der Waals surface area contributed by atoms with Gasteiger partial charge in [-0.2, -0.15) is 0 Å².